The van der Waals surface area contributed by atoms with Crippen LogP contribution >= 0.6 is 11.6 Å². The highest BCUT2D eigenvalue weighted by Gasteiger charge is 2.15. The van der Waals surface area contributed by atoms with Crippen LogP contribution in [0.1, 0.15) is 30.5 Å². The van der Waals surface area contributed by atoms with Gasteiger partial charge in [-0.15, -0.1) is 0 Å². The summed E-state index contributed by atoms with van der Waals surface area (Å²) < 4.78 is 13.2. The van der Waals surface area contributed by atoms with E-state index in [1.54, 1.807) is 18.5 Å². The van der Waals surface area contributed by atoms with Gasteiger partial charge in [0.25, 0.3) is 0 Å². The minimum absolute atomic E-state index is 0.0745. The molecule has 0 bridgehead atoms. The Kier molecular flexibility index (Phi) is 5.50. The number of hydrogen-bond donors (Lipinski definition) is 1. The zero-order valence-corrected chi connectivity index (χ0v) is 12.2. The Morgan fingerprint density at radius 3 is 2.65 bits per heavy atom. The topological polar surface area (TPSA) is 24.9 Å². The van der Waals surface area contributed by atoms with E-state index in [9.17, 15) is 4.39 Å². The fraction of sp³-hybridized carbons (Fsp3) is 0.312. The first-order valence-electron chi connectivity index (χ1n) is 6.78. The normalized spacial score (nSPS) is 12.3. The van der Waals surface area contributed by atoms with Crippen LogP contribution in [0.5, 0.6) is 0 Å². The molecule has 1 atom stereocenters. The average Bonchev–Trinajstić information content (AvgIpc) is 2.45. The second kappa shape index (κ2) is 7.36. The van der Waals surface area contributed by atoms with Crippen molar-refractivity contribution >= 4 is 11.6 Å². The van der Waals surface area contributed by atoms with Crippen molar-refractivity contribution < 1.29 is 4.39 Å². The molecule has 1 aromatic heterocycles. The number of hydrogen-bond acceptors (Lipinski definition) is 2. The fourth-order valence-electron chi connectivity index (χ4n) is 2.15. The lowest BCUT2D eigenvalue weighted by atomic mass is 9.99. The van der Waals surface area contributed by atoms with Crippen LogP contribution in [0, 0.1) is 5.82 Å². The summed E-state index contributed by atoms with van der Waals surface area (Å²) in [5, 5.41) is 3.93. The van der Waals surface area contributed by atoms with Crippen LogP contribution in [0.4, 0.5) is 4.39 Å². The zero-order valence-electron chi connectivity index (χ0n) is 11.4. The molecule has 1 aromatic carbocycles. The van der Waals surface area contributed by atoms with E-state index < -0.39 is 0 Å². The third kappa shape index (κ3) is 4.02. The third-order valence-corrected chi connectivity index (χ3v) is 3.50. The zero-order chi connectivity index (χ0) is 14.4. The minimum Gasteiger partial charge on any atom is -0.310 e. The van der Waals surface area contributed by atoms with Crippen molar-refractivity contribution in [2.24, 2.45) is 0 Å². The van der Waals surface area contributed by atoms with E-state index in [1.807, 2.05) is 12.1 Å². The van der Waals surface area contributed by atoms with Crippen molar-refractivity contribution in [1.29, 1.82) is 0 Å². The largest absolute Gasteiger partial charge is 0.310 e. The van der Waals surface area contributed by atoms with Crippen LogP contribution in [0.2, 0.25) is 5.02 Å². The van der Waals surface area contributed by atoms with Gasteiger partial charge in [0, 0.05) is 23.5 Å². The molecule has 0 aliphatic rings. The van der Waals surface area contributed by atoms with Gasteiger partial charge in [-0.2, -0.15) is 0 Å². The summed E-state index contributed by atoms with van der Waals surface area (Å²) >= 11 is 6.18. The van der Waals surface area contributed by atoms with Crippen LogP contribution in [0.15, 0.2) is 42.7 Å². The minimum atomic E-state index is -0.308. The van der Waals surface area contributed by atoms with Gasteiger partial charge in [0.1, 0.15) is 5.82 Å². The maximum Gasteiger partial charge on any atom is 0.124 e. The van der Waals surface area contributed by atoms with E-state index in [4.69, 9.17) is 11.6 Å². The van der Waals surface area contributed by atoms with E-state index in [2.05, 4.69) is 17.2 Å². The molecule has 2 aromatic rings. The second-order valence-corrected chi connectivity index (χ2v) is 5.14. The molecular formula is C16H18ClFN2. The lowest BCUT2D eigenvalue weighted by Gasteiger charge is -2.20. The number of pyridine rings is 1. The molecule has 1 heterocycles. The smallest absolute Gasteiger partial charge is 0.124 e. The molecule has 1 N–H and O–H groups in total. The summed E-state index contributed by atoms with van der Waals surface area (Å²) in [6.45, 7) is 3.01. The lowest BCUT2D eigenvalue weighted by Crippen LogP contribution is -2.24. The summed E-state index contributed by atoms with van der Waals surface area (Å²) in [6.07, 6.45) is 5.39. The Labute approximate surface area is 124 Å². The number of nitrogens with zero attached hydrogens (tertiary/aromatic N) is 1. The Morgan fingerprint density at radius 2 is 2.00 bits per heavy atom. The SMILES string of the molecule is CCCNC(Cc1ccncc1)c1ccc(F)cc1Cl. The van der Waals surface area contributed by atoms with Gasteiger partial charge in [-0.05, 0) is 54.8 Å². The monoisotopic (exact) mass is 292 g/mol. The molecule has 0 radical (unpaired) electrons. The highest BCUT2D eigenvalue weighted by Crippen LogP contribution is 2.26. The van der Waals surface area contributed by atoms with E-state index >= 15 is 0 Å². The van der Waals surface area contributed by atoms with Gasteiger partial charge in [0.05, 0.1) is 0 Å². The lowest BCUT2D eigenvalue weighted by molar-refractivity contribution is 0.527. The molecule has 0 saturated heterocycles. The van der Waals surface area contributed by atoms with Crippen molar-refractivity contribution in [3.63, 3.8) is 0 Å². The Morgan fingerprint density at radius 1 is 1.25 bits per heavy atom. The molecule has 0 amide bonds. The molecular weight excluding hydrogens is 275 g/mol. The Hall–Kier alpha value is -1.45. The number of aromatic nitrogens is 1. The van der Waals surface area contributed by atoms with Gasteiger partial charge in [0.2, 0.25) is 0 Å². The van der Waals surface area contributed by atoms with Crippen LogP contribution < -0.4 is 5.32 Å². The third-order valence-electron chi connectivity index (χ3n) is 3.17. The first-order chi connectivity index (χ1) is 9.70. The van der Waals surface area contributed by atoms with Gasteiger partial charge in [0.15, 0.2) is 0 Å². The fourth-order valence-corrected chi connectivity index (χ4v) is 2.45. The molecule has 0 fully saturated rings. The number of nitrogens with one attached hydrogen (secondary N) is 1. The molecule has 2 nitrogen and oxygen atoms in total. The number of rotatable bonds is 6. The number of halogens is 2. The van der Waals surface area contributed by atoms with Crippen LogP contribution in [0.25, 0.3) is 0 Å². The highest BCUT2D eigenvalue weighted by molar-refractivity contribution is 6.31. The maximum atomic E-state index is 13.2. The van der Waals surface area contributed by atoms with Gasteiger partial charge in [-0.3, -0.25) is 4.98 Å². The van der Waals surface area contributed by atoms with Crippen molar-refractivity contribution in [1.82, 2.24) is 10.3 Å². The molecule has 0 aliphatic carbocycles. The van der Waals surface area contributed by atoms with Crippen molar-refractivity contribution in [2.75, 3.05) is 6.54 Å². The first kappa shape index (κ1) is 14.9. The Bertz CT molecular complexity index is 545. The van der Waals surface area contributed by atoms with E-state index in [1.165, 1.54) is 17.7 Å². The van der Waals surface area contributed by atoms with E-state index in [0.29, 0.717) is 5.02 Å². The summed E-state index contributed by atoms with van der Waals surface area (Å²) in [5.41, 5.74) is 2.10. The van der Waals surface area contributed by atoms with Gasteiger partial charge in [-0.25, -0.2) is 4.39 Å². The number of benzene rings is 1. The Balaban J connectivity index is 2.22. The van der Waals surface area contributed by atoms with Crippen molar-refractivity contribution in [3.05, 3.63) is 64.7 Å². The highest BCUT2D eigenvalue weighted by atomic mass is 35.5. The summed E-state index contributed by atoms with van der Waals surface area (Å²) in [7, 11) is 0. The second-order valence-electron chi connectivity index (χ2n) is 4.73. The summed E-state index contributed by atoms with van der Waals surface area (Å²) in [6, 6.07) is 8.62. The molecule has 1 unspecified atom stereocenters. The predicted octanol–water partition coefficient (Wildman–Crippen LogP) is 4.16. The average molecular weight is 293 g/mol. The first-order valence-corrected chi connectivity index (χ1v) is 7.15. The predicted molar refractivity (Wildman–Crippen MR) is 80.4 cm³/mol. The van der Waals surface area contributed by atoms with Crippen LogP contribution in [0.3, 0.4) is 0 Å². The molecule has 20 heavy (non-hydrogen) atoms. The van der Waals surface area contributed by atoms with Gasteiger partial charge < -0.3 is 5.32 Å². The standard InChI is InChI=1S/C16H18ClFN2/c1-2-7-20-16(10-12-5-8-19-9-6-12)14-4-3-13(18)11-15(14)17/h3-6,8-9,11,16,20H,2,7,10H2,1H3. The molecule has 0 aliphatic heterocycles. The summed E-state index contributed by atoms with van der Waals surface area (Å²) in [4.78, 5) is 4.02. The van der Waals surface area contributed by atoms with Gasteiger partial charge >= 0.3 is 0 Å². The summed E-state index contributed by atoms with van der Waals surface area (Å²) in [5.74, 6) is -0.308. The maximum absolute atomic E-state index is 13.2. The molecule has 4 heteroatoms. The van der Waals surface area contributed by atoms with E-state index in [-0.39, 0.29) is 11.9 Å². The van der Waals surface area contributed by atoms with Crippen molar-refractivity contribution in [2.45, 2.75) is 25.8 Å². The molecule has 0 saturated carbocycles. The molecule has 106 valence electrons. The van der Waals surface area contributed by atoms with Crippen LogP contribution in [-0.4, -0.2) is 11.5 Å². The van der Waals surface area contributed by atoms with Gasteiger partial charge in [-0.1, -0.05) is 24.6 Å². The quantitative estimate of drug-likeness (QED) is 0.865. The van der Waals surface area contributed by atoms with Crippen molar-refractivity contribution in [3.8, 4) is 0 Å². The van der Waals surface area contributed by atoms with E-state index in [0.717, 1.165) is 24.9 Å². The van der Waals surface area contributed by atoms with Crippen LogP contribution in [-0.2, 0) is 6.42 Å². The molecule has 2 rings (SSSR count). The molecule has 0 spiro atoms.